The van der Waals surface area contributed by atoms with Gasteiger partial charge < -0.3 is 15.6 Å². The van der Waals surface area contributed by atoms with Gasteiger partial charge in [0.2, 0.25) is 5.91 Å². The third kappa shape index (κ3) is 2.63. The minimum Gasteiger partial charge on any atom is -0.358 e. The van der Waals surface area contributed by atoms with Crippen LogP contribution >= 0.6 is 0 Å². The van der Waals surface area contributed by atoms with Crippen molar-refractivity contribution in [1.29, 1.82) is 0 Å². The molecule has 1 amide bonds. The zero-order valence-corrected chi connectivity index (χ0v) is 13.8. The van der Waals surface area contributed by atoms with E-state index < -0.39 is 0 Å². The van der Waals surface area contributed by atoms with Crippen molar-refractivity contribution in [3.63, 3.8) is 0 Å². The van der Waals surface area contributed by atoms with Gasteiger partial charge in [0.05, 0.1) is 5.52 Å². The standard InChI is InChI=1S/C18H25N3O/c1-10-5-14(17-16(6-10)11(2)13(4)21-17)9-20-18(22)12(3)15-7-19-8-15/h5-6,12,15,19,21H,7-9H2,1-4H3,(H,20,22). The highest BCUT2D eigenvalue weighted by atomic mass is 16.1. The Kier molecular flexibility index (Phi) is 3.96. The van der Waals surface area contributed by atoms with Crippen molar-refractivity contribution in [1.82, 2.24) is 15.6 Å². The largest absolute Gasteiger partial charge is 0.358 e. The molecule has 3 rings (SSSR count). The Morgan fingerprint density at radius 3 is 2.68 bits per heavy atom. The number of hydrogen-bond donors (Lipinski definition) is 3. The third-order valence-corrected chi connectivity index (χ3v) is 5.03. The van der Waals surface area contributed by atoms with E-state index in [1.165, 1.54) is 27.8 Å². The molecule has 1 saturated heterocycles. The summed E-state index contributed by atoms with van der Waals surface area (Å²) in [6.45, 7) is 10.9. The quantitative estimate of drug-likeness (QED) is 0.812. The minimum atomic E-state index is 0.0775. The van der Waals surface area contributed by atoms with Gasteiger partial charge in [0.1, 0.15) is 0 Å². The molecule has 0 aliphatic carbocycles. The van der Waals surface area contributed by atoms with Crippen LogP contribution in [0.15, 0.2) is 12.1 Å². The van der Waals surface area contributed by atoms with Crippen LogP contribution in [0.4, 0.5) is 0 Å². The number of amides is 1. The Morgan fingerprint density at radius 2 is 2.05 bits per heavy atom. The maximum atomic E-state index is 12.3. The first kappa shape index (κ1) is 15.1. The molecule has 2 aromatic rings. The van der Waals surface area contributed by atoms with Crippen LogP contribution in [0, 0.1) is 32.6 Å². The topological polar surface area (TPSA) is 56.9 Å². The first-order valence-electron chi connectivity index (χ1n) is 8.04. The number of carbonyl (C=O) groups excluding carboxylic acids is 1. The molecule has 1 aromatic heterocycles. The molecule has 22 heavy (non-hydrogen) atoms. The lowest BCUT2D eigenvalue weighted by atomic mass is 9.88. The van der Waals surface area contributed by atoms with E-state index in [1.807, 2.05) is 6.92 Å². The van der Waals surface area contributed by atoms with Crippen molar-refractivity contribution >= 4 is 16.8 Å². The molecule has 3 N–H and O–H groups in total. The number of hydrogen-bond acceptors (Lipinski definition) is 2. The number of rotatable bonds is 4. The molecular weight excluding hydrogens is 274 g/mol. The highest BCUT2D eigenvalue weighted by Gasteiger charge is 2.28. The van der Waals surface area contributed by atoms with E-state index in [1.54, 1.807) is 0 Å². The van der Waals surface area contributed by atoms with E-state index in [4.69, 9.17) is 0 Å². The minimum absolute atomic E-state index is 0.0775. The molecule has 118 valence electrons. The van der Waals surface area contributed by atoms with E-state index >= 15 is 0 Å². The van der Waals surface area contributed by atoms with Crippen LogP contribution in [0.25, 0.3) is 10.9 Å². The van der Waals surface area contributed by atoms with Crippen molar-refractivity contribution in [2.75, 3.05) is 13.1 Å². The zero-order chi connectivity index (χ0) is 15.9. The normalized spacial score (nSPS) is 16.5. The second-order valence-corrected chi connectivity index (χ2v) is 6.65. The van der Waals surface area contributed by atoms with Gasteiger partial charge in [-0.3, -0.25) is 4.79 Å². The lowest BCUT2D eigenvalue weighted by Gasteiger charge is -2.31. The number of aromatic nitrogens is 1. The van der Waals surface area contributed by atoms with Gasteiger partial charge in [-0.2, -0.15) is 0 Å². The number of carbonyl (C=O) groups is 1. The van der Waals surface area contributed by atoms with Crippen molar-refractivity contribution in [3.05, 3.63) is 34.5 Å². The predicted molar refractivity (Wildman–Crippen MR) is 89.9 cm³/mol. The molecule has 1 aromatic carbocycles. The highest BCUT2D eigenvalue weighted by molar-refractivity contribution is 5.88. The molecule has 1 atom stereocenters. The van der Waals surface area contributed by atoms with Gasteiger partial charge in [-0.05, 0) is 57.0 Å². The Balaban J connectivity index is 1.78. The number of H-pyrrole nitrogens is 1. The van der Waals surface area contributed by atoms with Gasteiger partial charge in [0.25, 0.3) is 0 Å². The van der Waals surface area contributed by atoms with Crippen LogP contribution in [0.2, 0.25) is 0 Å². The monoisotopic (exact) mass is 299 g/mol. The van der Waals surface area contributed by atoms with Gasteiger partial charge in [0.15, 0.2) is 0 Å². The number of aromatic amines is 1. The van der Waals surface area contributed by atoms with E-state index in [0.29, 0.717) is 12.5 Å². The van der Waals surface area contributed by atoms with Crippen LogP contribution in [0.3, 0.4) is 0 Å². The molecule has 0 saturated carbocycles. The van der Waals surface area contributed by atoms with E-state index in [-0.39, 0.29) is 11.8 Å². The summed E-state index contributed by atoms with van der Waals surface area (Å²) in [7, 11) is 0. The summed E-state index contributed by atoms with van der Waals surface area (Å²) in [5, 5.41) is 7.60. The smallest absolute Gasteiger partial charge is 0.223 e. The van der Waals surface area contributed by atoms with Crippen LogP contribution in [0.5, 0.6) is 0 Å². The molecule has 0 spiro atoms. The van der Waals surface area contributed by atoms with Crippen LogP contribution in [-0.2, 0) is 11.3 Å². The highest BCUT2D eigenvalue weighted by Crippen LogP contribution is 2.26. The van der Waals surface area contributed by atoms with Crippen LogP contribution in [-0.4, -0.2) is 24.0 Å². The second kappa shape index (κ2) is 5.76. The number of nitrogens with one attached hydrogen (secondary N) is 3. The first-order valence-corrected chi connectivity index (χ1v) is 8.04. The van der Waals surface area contributed by atoms with Crippen LogP contribution < -0.4 is 10.6 Å². The fraction of sp³-hybridized carbons (Fsp3) is 0.500. The van der Waals surface area contributed by atoms with Crippen molar-refractivity contribution < 1.29 is 4.79 Å². The molecule has 1 fully saturated rings. The molecule has 1 aliphatic heterocycles. The summed E-state index contributed by atoms with van der Waals surface area (Å²) in [5.41, 5.74) is 6.04. The summed E-state index contributed by atoms with van der Waals surface area (Å²) in [6, 6.07) is 4.37. The zero-order valence-electron chi connectivity index (χ0n) is 13.8. The second-order valence-electron chi connectivity index (χ2n) is 6.65. The van der Waals surface area contributed by atoms with Crippen molar-refractivity contribution in [2.45, 2.75) is 34.2 Å². The molecular formula is C18H25N3O. The molecule has 2 heterocycles. The maximum absolute atomic E-state index is 12.3. The van der Waals surface area contributed by atoms with Crippen LogP contribution in [0.1, 0.15) is 29.3 Å². The summed E-state index contributed by atoms with van der Waals surface area (Å²) < 4.78 is 0. The molecule has 0 radical (unpaired) electrons. The first-order chi connectivity index (χ1) is 10.5. The lowest BCUT2D eigenvalue weighted by Crippen LogP contribution is -2.49. The molecule has 1 unspecified atom stereocenters. The summed E-state index contributed by atoms with van der Waals surface area (Å²) in [6.07, 6.45) is 0. The average Bonchev–Trinajstić information content (AvgIpc) is 2.70. The predicted octanol–water partition coefficient (Wildman–Crippen LogP) is 2.56. The van der Waals surface area contributed by atoms with Crippen molar-refractivity contribution in [3.8, 4) is 0 Å². The number of benzene rings is 1. The Labute approximate surface area is 131 Å². The molecule has 0 bridgehead atoms. The van der Waals surface area contributed by atoms with Crippen molar-refractivity contribution in [2.24, 2.45) is 11.8 Å². The van der Waals surface area contributed by atoms with Gasteiger partial charge in [-0.15, -0.1) is 0 Å². The Bertz CT molecular complexity index is 713. The van der Waals surface area contributed by atoms with Gasteiger partial charge in [-0.1, -0.05) is 18.6 Å². The number of aryl methyl sites for hydroxylation is 3. The molecule has 4 heteroatoms. The Hall–Kier alpha value is -1.81. The summed E-state index contributed by atoms with van der Waals surface area (Å²) >= 11 is 0. The van der Waals surface area contributed by atoms with Gasteiger partial charge in [-0.25, -0.2) is 0 Å². The lowest BCUT2D eigenvalue weighted by molar-refractivity contribution is -0.126. The summed E-state index contributed by atoms with van der Waals surface area (Å²) in [5.74, 6) is 0.710. The molecule has 1 aliphatic rings. The SMILES string of the molecule is Cc1cc(CNC(=O)C(C)C2CNC2)c2[nH]c(C)c(C)c2c1. The maximum Gasteiger partial charge on any atom is 0.223 e. The Morgan fingerprint density at radius 1 is 1.32 bits per heavy atom. The molecule has 4 nitrogen and oxygen atoms in total. The van der Waals surface area contributed by atoms with Gasteiger partial charge >= 0.3 is 0 Å². The van der Waals surface area contributed by atoms with E-state index in [2.05, 4.69) is 48.5 Å². The van der Waals surface area contributed by atoms with Gasteiger partial charge in [0, 0.05) is 23.5 Å². The fourth-order valence-electron chi connectivity index (χ4n) is 3.15. The third-order valence-electron chi connectivity index (χ3n) is 5.03. The summed E-state index contributed by atoms with van der Waals surface area (Å²) in [4.78, 5) is 15.8. The fourth-order valence-corrected chi connectivity index (χ4v) is 3.15. The number of fused-ring (bicyclic) bond motifs is 1. The average molecular weight is 299 g/mol. The van der Waals surface area contributed by atoms with E-state index in [9.17, 15) is 4.79 Å². The van der Waals surface area contributed by atoms with E-state index in [0.717, 1.165) is 18.6 Å².